The number of rotatable bonds is 5. The van der Waals surface area contributed by atoms with E-state index in [1.807, 2.05) is 27.7 Å². The van der Waals surface area contributed by atoms with Crippen molar-refractivity contribution < 1.29 is 4.79 Å². The van der Waals surface area contributed by atoms with Gasteiger partial charge in [0.25, 0.3) is 0 Å². The van der Waals surface area contributed by atoms with Crippen LogP contribution in [0, 0.1) is 5.92 Å². The zero-order valence-electron chi connectivity index (χ0n) is 13.9. The van der Waals surface area contributed by atoms with Crippen LogP contribution >= 0.6 is 12.4 Å². The van der Waals surface area contributed by atoms with Crippen molar-refractivity contribution in [2.45, 2.75) is 71.0 Å². The molecule has 0 spiro atoms. The molecule has 1 aliphatic heterocycles. The van der Waals surface area contributed by atoms with Gasteiger partial charge in [-0.15, -0.1) is 12.4 Å². The maximum absolute atomic E-state index is 12.2. The van der Waals surface area contributed by atoms with Crippen molar-refractivity contribution in [2.75, 3.05) is 19.6 Å². The predicted octanol–water partition coefficient (Wildman–Crippen LogP) is 2.18. The lowest BCUT2D eigenvalue weighted by Gasteiger charge is -2.36. The SMILES string of the molecule is CC(C(=O)NC(C)(C)C)N1CCC(NCC2CC2)CC1.Cl. The van der Waals surface area contributed by atoms with Gasteiger partial charge >= 0.3 is 0 Å². The number of amides is 1. The summed E-state index contributed by atoms with van der Waals surface area (Å²) in [5.74, 6) is 1.10. The van der Waals surface area contributed by atoms with Gasteiger partial charge in [-0.25, -0.2) is 0 Å². The summed E-state index contributed by atoms with van der Waals surface area (Å²) in [4.78, 5) is 14.5. The minimum Gasteiger partial charge on any atom is -0.350 e. The van der Waals surface area contributed by atoms with Crippen molar-refractivity contribution in [3.05, 3.63) is 0 Å². The summed E-state index contributed by atoms with van der Waals surface area (Å²) >= 11 is 0. The molecule has 1 saturated carbocycles. The molecule has 0 bridgehead atoms. The molecule has 1 atom stereocenters. The standard InChI is InChI=1S/C16H31N3O.ClH/c1-12(15(20)18-16(2,3)4)19-9-7-14(8-10-19)17-11-13-5-6-13;/h12-14,17H,5-11H2,1-4H3,(H,18,20);1H. The van der Waals surface area contributed by atoms with E-state index in [2.05, 4.69) is 15.5 Å². The summed E-state index contributed by atoms with van der Waals surface area (Å²) in [6, 6.07) is 0.642. The van der Waals surface area contributed by atoms with Crippen LogP contribution in [0.25, 0.3) is 0 Å². The molecule has 0 aromatic rings. The van der Waals surface area contributed by atoms with Crippen LogP contribution < -0.4 is 10.6 Å². The molecule has 4 nitrogen and oxygen atoms in total. The molecule has 0 aromatic carbocycles. The zero-order valence-corrected chi connectivity index (χ0v) is 14.8. The lowest BCUT2D eigenvalue weighted by Crippen LogP contribution is -2.54. The van der Waals surface area contributed by atoms with Crippen molar-refractivity contribution in [1.82, 2.24) is 15.5 Å². The first kappa shape index (κ1) is 18.7. The van der Waals surface area contributed by atoms with E-state index in [-0.39, 0.29) is 29.9 Å². The molecule has 1 heterocycles. The van der Waals surface area contributed by atoms with Gasteiger partial charge in [0.15, 0.2) is 0 Å². The second-order valence-corrected chi connectivity index (χ2v) is 7.58. The lowest BCUT2D eigenvalue weighted by atomic mass is 10.0. The van der Waals surface area contributed by atoms with E-state index in [4.69, 9.17) is 0 Å². The van der Waals surface area contributed by atoms with E-state index in [9.17, 15) is 4.79 Å². The monoisotopic (exact) mass is 317 g/mol. The number of halogens is 1. The van der Waals surface area contributed by atoms with E-state index < -0.39 is 0 Å². The fourth-order valence-corrected chi connectivity index (χ4v) is 2.79. The Bertz CT molecular complexity index is 331. The summed E-state index contributed by atoms with van der Waals surface area (Å²) in [5.41, 5.74) is -0.143. The summed E-state index contributed by atoms with van der Waals surface area (Å²) in [6.45, 7) is 11.4. The molecule has 2 rings (SSSR count). The van der Waals surface area contributed by atoms with Gasteiger partial charge in [-0.1, -0.05) is 0 Å². The normalized spacial score (nSPS) is 22.5. The molecule has 2 N–H and O–H groups in total. The van der Waals surface area contributed by atoms with Gasteiger partial charge < -0.3 is 10.6 Å². The second kappa shape index (κ2) is 7.80. The molecule has 2 aliphatic rings. The maximum atomic E-state index is 12.2. The third kappa shape index (κ3) is 6.54. The van der Waals surface area contributed by atoms with Gasteiger partial charge in [-0.3, -0.25) is 9.69 Å². The number of carbonyl (C=O) groups excluding carboxylic acids is 1. The van der Waals surface area contributed by atoms with E-state index >= 15 is 0 Å². The van der Waals surface area contributed by atoms with Crippen molar-refractivity contribution in [3.8, 4) is 0 Å². The van der Waals surface area contributed by atoms with Crippen LogP contribution in [0.1, 0.15) is 53.4 Å². The van der Waals surface area contributed by atoms with E-state index in [0.29, 0.717) is 6.04 Å². The number of likely N-dealkylation sites (tertiary alicyclic amines) is 1. The molecule has 2 fully saturated rings. The largest absolute Gasteiger partial charge is 0.350 e. The third-order valence-electron chi connectivity index (χ3n) is 4.35. The minimum atomic E-state index is -0.143. The van der Waals surface area contributed by atoms with Crippen LogP contribution in [-0.4, -0.2) is 48.1 Å². The van der Waals surface area contributed by atoms with Crippen LogP contribution in [-0.2, 0) is 4.79 Å². The van der Waals surface area contributed by atoms with Crippen molar-refractivity contribution in [1.29, 1.82) is 0 Å². The van der Waals surface area contributed by atoms with E-state index in [1.165, 1.54) is 32.2 Å². The molecule has 1 saturated heterocycles. The predicted molar refractivity (Wildman–Crippen MR) is 89.9 cm³/mol. The Kier molecular flexibility index (Phi) is 6.95. The van der Waals surface area contributed by atoms with Crippen molar-refractivity contribution in [3.63, 3.8) is 0 Å². The quantitative estimate of drug-likeness (QED) is 0.817. The molecule has 1 unspecified atom stereocenters. The summed E-state index contributed by atoms with van der Waals surface area (Å²) in [7, 11) is 0. The Morgan fingerprint density at radius 3 is 2.24 bits per heavy atom. The molecule has 124 valence electrons. The van der Waals surface area contributed by atoms with Crippen LogP contribution in [0.3, 0.4) is 0 Å². The molecule has 0 aromatic heterocycles. The molecular formula is C16H32ClN3O. The maximum Gasteiger partial charge on any atom is 0.237 e. The van der Waals surface area contributed by atoms with Gasteiger partial charge in [0.2, 0.25) is 5.91 Å². The minimum absolute atomic E-state index is 0. The fraction of sp³-hybridized carbons (Fsp3) is 0.938. The molecule has 1 amide bonds. The first-order valence-electron chi connectivity index (χ1n) is 8.14. The van der Waals surface area contributed by atoms with E-state index in [0.717, 1.165) is 19.0 Å². The molecule has 0 radical (unpaired) electrons. The third-order valence-corrected chi connectivity index (χ3v) is 4.35. The summed E-state index contributed by atoms with van der Waals surface area (Å²) in [5, 5.41) is 6.76. The summed E-state index contributed by atoms with van der Waals surface area (Å²) < 4.78 is 0. The number of carbonyl (C=O) groups is 1. The van der Waals surface area contributed by atoms with Gasteiger partial charge in [0.1, 0.15) is 0 Å². The van der Waals surface area contributed by atoms with Crippen LogP contribution in [0.5, 0.6) is 0 Å². The highest BCUT2D eigenvalue weighted by atomic mass is 35.5. The van der Waals surface area contributed by atoms with Crippen molar-refractivity contribution >= 4 is 18.3 Å². The van der Waals surface area contributed by atoms with Gasteiger partial charge in [0.05, 0.1) is 6.04 Å². The van der Waals surface area contributed by atoms with Crippen molar-refractivity contribution in [2.24, 2.45) is 5.92 Å². The van der Waals surface area contributed by atoms with Gasteiger partial charge in [-0.05, 0) is 65.8 Å². The smallest absolute Gasteiger partial charge is 0.237 e. The first-order valence-corrected chi connectivity index (χ1v) is 8.14. The lowest BCUT2D eigenvalue weighted by molar-refractivity contribution is -0.127. The Morgan fingerprint density at radius 1 is 1.19 bits per heavy atom. The van der Waals surface area contributed by atoms with Gasteiger partial charge in [-0.2, -0.15) is 0 Å². The van der Waals surface area contributed by atoms with Crippen LogP contribution in [0.4, 0.5) is 0 Å². The van der Waals surface area contributed by atoms with E-state index in [1.54, 1.807) is 0 Å². The molecule has 5 heteroatoms. The molecular weight excluding hydrogens is 286 g/mol. The molecule has 1 aliphatic carbocycles. The second-order valence-electron chi connectivity index (χ2n) is 7.58. The molecule has 21 heavy (non-hydrogen) atoms. The number of nitrogens with zero attached hydrogens (tertiary/aromatic N) is 1. The highest BCUT2D eigenvalue weighted by Crippen LogP contribution is 2.28. The Morgan fingerprint density at radius 2 is 1.76 bits per heavy atom. The topological polar surface area (TPSA) is 44.4 Å². The number of hydrogen-bond donors (Lipinski definition) is 2. The Balaban J connectivity index is 0.00000220. The fourth-order valence-electron chi connectivity index (χ4n) is 2.79. The first-order chi connectivity index (χ1) is 9.35. The highest BCUT2D eigenvalue weighted by Gasteiger charge is 2.29. The van der Waals surface area contributed by atoms with Crippen LogP contribution in [0.15, 0.2) is 0 Å². The zero-order chi connectivity index (χ0) is 14.8. The van der Waals surface area contributed by atoms with Gasteiger partial charge in [0, 0.05) is 24.7 Å². The Hall–Kier alpha value is -0.320. The average molecular weight is 318 g/mol. The highest BCUT2D eigenvalue weighted by molar-refractivity contribution is 5.85. The number of nitrogens with one attached hydrogen (secondary N) is 2. The number of piperidine rings is 1. The van der Waals surface area contributed by atoms with Crippen LogP contribution in [0.2, 0.25) is 0 Å². The number of hydrogen-bond acceptors (Lipinski definition) is 3. The average Bonchev–Trinajstić information content (AvgIpc) is 3.18. The Labute approximate surface area is 135 Å². The summed E-state index contributed by atoms with van der Waals surface area (Å²) in [6.07, 6.45) is 5.16.